The number of hydrogen-bond donors (Lipinski definition) is 2. The molecule has 0 unspecified atom stereocenters. The van der Waals surface area contributed by atoms with E-state index in [2.05, 4.69) is 19.2 Å². The summed E-state index contributed by atoms with van der Waals surface area (Å²) >= 11 is 0. The van der Waals surface area contributed by atoms with Gasteiger partial charge in [-0.05, 0) is 37.6 Å². The van der Waals surface area contributed by atoms with Crippen molar-refractivity contribution in [1.82, 2.24) is 5.32 Å². The van der Waals surface area contributed by atoms with E-state index in [1.165, 1.54) is 11.3 Å². The van der Waals surface area contributed by atoms with Crippen molar-refractivity contribution < 1.29 is 19.2 Å². The van der Waals surface area contributed by atoms with Crippen LogP contribution in [0.5, 0.6) is 11.5 Å². The van der Waals surface area contributed by atoms with Crippen LogP contribution in [0.3, 0.4) is 0 Å². The summed E-state index contributed by atoms with van der Waals surface area (Å²) in [6, 6.07) is 7.54. The number of likely N-dealkylation sites (tertiary alicyclic amines) is 1. The Hall–Kier alpha value is -1.75. The Morgan fingerprint density at radius 3 is 2.29 bits per heavy atom. The van der Waals surface area contributed by atoms with Gasteiger partial charge in [0.2, 0.25) is 0 Å². The van der Waals surface area contributed by atoms with Crippen LogP contribution in [0, 0.1) is 11.8 Å². The number of hydrogen-bond acceptors (Lipinski definition) is 3. The van der Waals surface area contributed by atoms with E-state index in [1.807, 2.05) is 31.2 Å². The molecule has 1 aromatic rings. The minimum absolute atomic E-state index is 0.113. The summed E-state index contributed by atoms with van der Waals surface area (Å²) in [6.07, 6.45) is 1.28. The summed E-state index contributed by atoms with van der Waals surface area (Å²) in [5.74, 6) is 3.16. The fourth-order valence-electron chi connectivity index (χ4n) is 3.51. The van der Waals surface area contributed by atoms with Crippen LogP contribution in [0.2, 0.25) is 0 Å². The maximum absolute atomic E-state index is 12.0. The fraction of sp³-hybridized carbons (Fsp3) is 0.632. The normalized spacial score (nSPS) is 23.5. The Bertz CT molecular complexity index is 494. The van der Waals surface area contributed by atoms with Crippen LogP contribution in [0.1, 0.15) is 27.2 Å². The average molecular weight is 335 g/mol. The van der Waals surface area contributed by atoms with Crippen LogP contribution in [-0.4, -0.2) is 45.3 Å². The van der Waals surface area contributed by atoms with Crippen LogP contribution in [0.4, 0.5) is 0 Å². The summed E-state index contributed by atoms with van der Waals surface area (Å²) in [7, 11) is 0. The highest BCUT2D eigenvalue weighted by Gasteiger charge is 2.26. The lowest BCUT2D eigenvalue weighted by Gasteiger charge is -2.31. The Morgan fingerprint density at radius 1 is 1.12 bits per heavy atom. The summed E-state index contributed by atoms with van der Waals surface area (Å²) < 4.78 is 11.0. The average Bonchev–Trinajstić information content (AvgIpc) is 2.52. The topological polar surface area (TPSA) is 52.0 Å². The third kappa shape index (κ3) is 6.40. The van der Waals surface area contributed by atoms with Gasteiger partial charge in [0, 0.05) is 11.8 Å². The van der Waals surface area contributed by atoms with Crippen molar-refractivity contribution in [2.75, 3.05) is 39.4 Å². The van der Waals surface area contributed by atoms with Gasteiger partial charge in [0.25, 0.3) is 5.91 Å². The van der Waals surface area contributed by atoms with E-state index in [-0.39, 0.29) is 5.91 Å². The second kappa shape index (κ2) is 9.52. The molecule has 1 heterocycles. The Morgan fingerprint density at radius 2 is 1.71 bits per heavy atom. The largest absolute Gasteiger partial charge is 0.494 e. The van der Waals surface area contributed by atoms with Gasteiger partial charge in [-0.25, -0.2) is 0 Å². The first kappa shape index (κ1) is 18.6. The summed E-state index contributed by atoms with van der Waals surface area (Å²) in [6.45, 7) is 10.9. The third-order valence-corrected chi connectivity index (χ3v) is 4.32. The number of ether oxygens (including phenoxy) is 2. The number of quaternary nitrogens is 1. The Labute approximate surface area is 145 Å². The van der Waals surface area contributed by atoms with Crippen molar-refractivity contribution in [3.63, 3.8) is 0 Å². The SMILES string of the molecule is CCOc1ccc(OCCNC(=O)C[NH+]2C[C@@H](C)C[C@H](C)C2)cc1. The van der Waals surface area contributed by atoms with Gasteiger partial charge in [-0.1, -0.05) is 13.8 Å². The van der Waals surface area contributed by atoms with Gasteiger partial charge in [0.1, 0.15) is 18.1 Å². The maximum Gasteiger partial charge on any atom is 0.275 e. The molecule has 1 aliphatic rings. The molecule has 1 saturated heterocycles. The molecule has 0 radical (unpaired) electrons. The molecule has 24 heavy (non-hydrogen) atoms. The van der Waals surface area contributed by atoms with Crippen molar-refractivity contribution in [3.8, 4) is 11.5 Å². The molecule has 1 aliphatic heterocycles. The van der Waals surface area contributed by atoms with E-state index < -0.39 is 0 Å². The molecule has 5 nitrogen and oxygen atoms in total. The van der Waals surface area contributed by atoms with Gasteiger partial charge in [-0.15, -0.1) is 0 Å². The zero-order chi connectivity index (χ0) is 17.4. The first-order valence-corrected chi connectivity index (χ1v) is 9.02. The number of piperidine rings is 1. The highest BCUT2D eigenvalue weighted by Crippen LogP contribution is 2.17. The molecule has 0 saturated carbocycles. The van der Waals surface area contributed by atoms with Gasteiger partial charge in [-0.3, -0.25) is 4.79 Å². The minimum atomic E-state index is 0.113. The molecule has 5 heteroatoms. The van der Waals surface area contributed by atoms with Crippen LogP contribution < -0.4 is 19.7 Å². The number of carbonyl (C=O) groups is 1. The minimum Gasteiger partial charge on any atom is -0.494 e. The van der Waals surface area contributed by atoms with Crippen LogP contribution in [0.15, 0.2) is 24.3 Å². The number of benzene rings is 1. The van der Waals surface area contributed by atoms with E-state index in [9.17, 15) is 4.79 Å². The van der Waals surface area contributed by atoms with Gasteiger partial charge in [0.15, 0.2) is 6.54 Å². The summed E-state index contributed by atoms with van der Waals surface area (Å²) in [4.78, 5) is 13.4. The fourth-order valence-corrected chi connectivity index (χ4v) is 3.51. The quantitative estimate of drug-likeness (QED) is 0.701. The molecule has 2 N–H and O–H groups in total. The number of carbonyl (C=O) groups excluding carboxylic acids is 1. The van der Waals surface area contributed by atoms with E-state index in [0.29, 0.717) is 38.1 Å². The summed E-state index contributed by atoms with van der Waals surface area (Å²) in [5, 5.41) is 2.95. The molecule has 0 aliphatic carbocycles. The van der Waals surface area contributed by atoms with Crippen molar-refractivity contribution in [2.45, 2.75) is 27.2 Å². The predicted octanol–water partition coefficient (Wildman–Crippen LogP) is 1.14. The molecule has 1 amide bonds. The van der Waals surface area contributed by atoms with Crippen molar-refractivity contribution >= 4 is 5.91 Å². The highest BCUT2D eigenvalue weighted by molar-refractivity contribution is 5.76. The van der Waals surface area contributed by atoms with Gasteiger partial charge >= 0.3 is 0 Å². The zero-order valence-electron chi connectivity index (χ0n) is 15.1. The van der Waals surface area contributed by atoms with E-state index in [4.69, 9.17) is 9.47 Å². The molecule has 0 aromatic heterocycles. The lowest BCUT2D eigenvalue weighted by Crippen LogP contribution is -3.15. The number of nitrogens with one attached hydrogen (secondary N) is 2. The lowest BCUT2D eigenvalue weighted by molar-refractivity contribution is -0.904. The van der Waals surface area contributed by atoms with E-state index in [0.717, 1.165) is 24.6 Å². The Kier molecular flexibility index (Phi) is 7.37. The van der Waals surface area contributed by atoms with Crippen LogP contribution in [-0.2, 0) is 4.79 Å². The second-order valence-electron chi connectivity index (χ2n) is 6.88. The molecule has 134 valence electrons. The van der Waals surface area contributed by atoms with E-state index in [1.54, 1.807) is 0 Å². The molecular formula is C19H31N2O3+. The highest BCUT2D eigenvalue weighted by atomic mass is 16.5. The molecule has 0 bridgehead atoms. The standard InChI is InChI=1S/C19H30N2O3/c1-4-23-17-5-7-18(8-6-17)24-10-9-20-19(22)14-21-12-15(2)11-16(3)13-21/h5-8,15-16H,4,9-14H2,1-3H3,(H,20,22)/p+1/t15-,16-/m0/s1. The van der Waals surface area contributed by atoms with Gasteiger partial charge < -0.3 is 19.7 Å². The Balaban J connectivity index is 1.62. The van der Waals surface area contributed by atoms with Crippen LogP contribution in [0.25, 0.3) is 0 Å². The third-order valence-electron chi connectivity index (χ3n) is 4.32. The predicted molar refractivity (Wildman–Crippen MR) is 94.6 cm³/mol. The summed E-state index contributed by atoms with van der Waals surface area (Å²) in [5.41, 5.74) is 0. The van der Waals surface area contributed by atoms with Crippen molar-refractivity contribution in [3.05, 3.63) is 24.3 Å². The molecule has 1 aromatic carbocycles. The monoisotopic (exact) mass is 335 g/mol. The molecular weight excluding hydrogens is 304 g/mol. The number of amides is 1. The van der Waals surface area contributed by atoms with Gasteiger partial charge in [-0.2, -0.15) is 0 Å². The smallest absolute Gasteiger partial charge is 0.275 e. The maximum atomic E-state index is 12.0. The van der Waals surface area contributed by atoms with Gasteiger partial charge in [0.05, 0.1) is 26.2 Å². The first-order valence-electron chi connectivity index (χ1n) is 9.02. The second-order valence-corrected chi connectivity index (χ2v) is 6.88. The molecule has 2 atom stereocenters. The van der Waals surface area contributed by atoms with E-state index >= 15 is 0 Å². The lowest BCUT2D eigenvalue weighted by atomic mass is 9.92. The van der Waals surface area contributed by atoms with Crippen molar-refractivity contribution in [2.24, 2.45) is 11.8 Å². The molecule has 1 fully saturated rings. The molecule has 2 rings (SSSR count). The molecule has 0 spiro atoms. The van der Waals surface area contributed by atoms with Crippen molar-refractivity contribution in [1.29, 1.82) is 0 Å². The van der Waals surface area contributed by atoms with Crippen LogP contribution >= 0.6 is 0 Å². The number of rotatable bonds is 8. The zero-order valence-corrected chi connectivity index (χ0v) is 15.1. The first-order chi connectivity index (χ1) is 11.6.